The largest absolute Gasteiger partial charge is 0.442 e. The Morgan fingerprint density at radius 3 is 3.00 bits per heavy atom. The Morgan fingerprint density at radius 2 is 2.31 bits per heavy atom. The first-order chi connectivity index (χ1) is 12.5. The van der Waals surface area contributed by atoms with E-state index in [0.717, 1.165) is 12.1 Å². The van der Waals surface area contributed by atoms with Gasteiger partial charge in [0, 0.05) is 19.9 Å². The summed E-state index contributed by atoms with van der Waals surface area (Å²) in [6.07, 6.45) is -0.290. The summed E-state index contributed by atoms with van der Waals surface area (Å²) in [5.74, 6) is -0.615. The van der Waals surface area contributed by atoms with Gasteiger partial charge in [0.05, 0.1) is 36.7 Å². The minimum absolute atomic E-state index is 0.197. The van der Waals surface area contributed by atoms with E-state index in [0.29, 0.717) is 24.5 Å². The molecule has 0 aromatic heterocycles. The molecule has 1 aromatic carbocycles. The highest BCUT2D eigenvalue weighted by atomic mass is 19.1. The van der Waals surface area contributed by atoms with Crippen molar-refractivity contribution in [2.75, 3.05) is 43.1 Å². The lowest BCUT2D eigenvalue weighted by molar-refractivity contribution is -0.119. The number of oxime groups is 1. The molecular formula is C17H21FN4O4. The molecule has 0 radical (unpaired) electrons. The second-order valence-electron chi connectivity index (χ2n) is 6.20. The number of hydrogen-bond donors (Lipinski definition) is 1. The Balaban J connectivity index is 1.69. The van der Waals surface area contributed by atoms with Crippen LogP contribution in [0.3, 0.4) is 0 Å². The summed E-state index contributed by atoms with van der Waals surface area (Å²) in [7, 11) is 1.49. The SMILES string of the molecule is CON=C1CCN(c2ccc(N3CC(CNC(C)=O)OC3=O)cc2F)C1. The second-order valence-corrected chi connectivity index (χ2v) is 6.20. The molecule has 8 nitrogen and oxygen atoms in total. The topological polar surface area (TPSA) is 83.5 Å². The zero-order chi connectivity index (χ0) is 18.7. The van der Waals surface area contributed by atoms with Crippen molar-refractivity contribution in [3.63, 3.8) is 0 Å². The Bertz CT molecular complexity index is 739. The Morgan fingerprint density at radius 1 is 1.50 bits per heavy atom. The first-order valence-corrected chi connectivity index (χ1v) is 8.34. The number of benzene rings is 1. The van der Waals surface area contributed by atoms with Crippen molar-refractivity contribution in [2.24, 2.45) is 5.16 Å². The lowest BCUT2D eigenvalue weighted by Gasteiger charge is -2.20. The van der Waals surface area contributed by atoms with Crippen molar-refractivity contribution >= 4 is 29.1 Å². The molecule has 2 heterocycles. The third kappa shape index (κ3) is 3.87. The average Bonchev–Trinajstić information content (AvgIpc) is 3.20. The Hall–Kier alpha value is -2.84. The molecule has 1 N–H and O–H groups in total. The van der Waals surface area contributed by atoms with Crippen LogP contribution in [0, 0.1) is 5.82 Å². The standard InChI is InChI=1S/C17H21FN4O4/c1-11(23)19-8-14-10-22(17(24)26-14)13-3-4-16(15(18)7-13)21-6-5-12(9-21)20-25-2/h3-4,7,14H,5-6,8-10H2,1-2H3,(H,19,23). The molecule has 9 heteroatoms. The number of amides is 2. The van der Waals surface area contributed by atoms with Crippen LogP contribution < -0.4 is 15.1 Å². The number of halogens is 1. The molecule has 0 aliphatic carbocycles. The number of hydrogen-bond acceptors (Lipinski definition) is 6. The van der Waals surface area contributed by atoms with Gasteiger partial charge in [0.1, 0.15) is 19.0 Å². The van der Waals surface area contributed by atoms with E-state index in [2.05, 4.69) is 10.5 Å². The van der Waals surface area contributed by atoms with E-state index in [-0.39, 0.29) is 19.0 Å². The maximum Gasteiger partial charge on any atom is 0.414 e. The lowest BCUT2D eigenvalue weighted by atomic mass is 10.2. The molecule has 2 fully saturated rings. The minimum atomic E-state index is -0.553. The predicted octanol–water partition coefficient (Wildman–Crippen LogP) is 1.50. The molecule has 140 valence electrons. The number of cyclic esters (lactones) is 1. The summed E-state index contributed by atoms with van der Waals surface area (Å²) in [5.41, 5.74) is 1.74. The molecule has 2 aliphatic rings. The quantitative estimate of drug-likeness (QED) is 0.801. The molecule has 0 bridgehead atoms. The molecule has 2 aliphatic heterocycles. The summed E-state index contributed by atoms with van der Waals surface area (Å²) >= 11 is 0. The van der Waals surface area contributed by atoms with E-state index in [1.807, 2.05) is 4.90 Å². The summed E-state index contributed by atoms with van der Waals surface area (Å²) < 4.78 is 19.8. The van der Waals surface area contributed by atoms with Gasteiger partial charge in [-0.15, -0.1) is 0 Å². The van der Waals surface area contributed by atoms with E-state index in [1.54, 1.807) is 12.1 Å². The Kier molecular flexibility index (Phi) is 5.24. The van der Waals surface area contributed by atoms with Crippen molar-refractivity contribution in [2.45, 2.75) is 19.4 Å². The zero-order valence-corrected chi connectivity index (χ0v) is 14.7. The van der Waals surface area contributed by atoms with Crippen LogP contribution in [-0.4, -0.2) is 57.1 Å². The number of nitrogens with one attached hydrogen (secondary N) is 1. The summed E-state index contributed by atoms with van der Waals surface area (Å²) in [5, 5.41) is 6.52. The summed E-state index contributed by atoms with van der Waals surface area (Å²) in [6.45, 7) is 3.04. The van der Waals surface area contributed by atoms with Gasteiger partial charge in [-0.25, -0.2) is 9.18 Å². The number of carbonyl (C=O) groups excluding carboxylic acids is 2. The number of nitrogens with zero attached hydrogens (tertiary/aromatic N) is 3. The normalized spacial score (nSPS) is 21.3. The van der Waals surface area contributed by atoms with E-state index >= 15 is 0 Å². The maximum absolute atomic E-state index is 14.6. The van der Waals surface area contributed by atoms with Crippen molar-refractivity contribution in [1.82, 2.24) is 5.32 Å². The summed E-state index contributed by atoms with van der Waals surface area (Å²) in [4.78, 5) is 31.0. The van der Waals surface area contributed by atoms with Gasteiger partial charge in [0.25, 0.3) is 0 Å². The van der Waals surface area contributed by atoms with Crippen LogP contribution >= 0.6 is 0 Å². The van der Waals surface area contributed by atoms with Gasteiger partial charge < -0.3 is 19.8 Å². The van der Waals surface area contributed by atoms with Crippen LogP contribution in [0.4, 0.5) is 20.6 Å². The van der Waals surface area contributed by atoms with Gasteiger partial charge in [-0.05, 0) is 18.2 Å². The van der Waals surface area contributed by atoms with Gasteiger partial charge >= 0.3 is 6.09 Å². The number of rotatable bonds is 5. The van der Waals surface area contributed by atoms with E-state index in [4.69, 9.17) is 9.57 Å². The molecule has 0 spiro atoms. The number of ether oxygens (including phenoxy) is 1. The molecule has 2 amide bonds. The van der Waals surface area contributed by atoms with Crippen molar-refractivity contribution in [3.8, 4) is 0 Å². The molecule has 0 saturated carbocycles. The van der Waals surface area contributed by atoms with Gasteiger partial charge in [0.2, 0.25) is 5.91 Å². The van der Waals surface area contributed by atoms with Crippen LogP contribution in [0.15, 0.2) is 23.4 Å². The fraction of sp³-hybridized carbons (Fsp3) is 0.471. The van der Waals surface area contributed by atoms with E-state index < -0.39 is 18.0 Å². The highest BCUT2D eigenvalue weighted by Crippen LogP contribution is 2.29. The monoisotopic (exact) mass is 364 g/mol. The van der Waals surface area contributed by atoms with Crippen molar-refractivity contribution < 1.29 is 23.6 Å². The third-order valence-corrected chi connectivity index (χ3v) is 4.30. The van der Waals surface area contributed by atoms with Crippen LogP contribution in [0.5, 0.6) is 0 Å². The first kappa shape index (κ1) is 18.0. The zero-order valence-electron chi connectivity index (χ0n) is 14.7. The third-order valence-electron chi connectivity index (χ3n) is 4.30. The van der Waals surface area contributed by atoms with Crippen molar-refractivity contribution in [3.05, 3.63) is 24.0 Å². The molecule has 26 heavy (non-hydrogen) atoms. The number of anilines is 2. The van der Waals surface area contributed by atoms with Gasteiger partial charge in [-0.1, -0.05) is 5.16 Å². The molecule has 3 rings (SSSR count). The van der Waals surface area contributed by atoms with E-state index in [1.165, 1.54) is 25.0 Å². The minimum Gasteiger partial charge on any atom is -0.442 e. The van der Waals surface area contributed by atoms with Gasteiger partial charge in [-0.3, -0.25) is 9.69 Å². The fourth-order valence-electron chi connectivity index (χ4n) is 3.07. The van der Waals surface area contributed by atoms with Crippen LogP contribution in [0.25, 0.3) is 0 Å². The number of carbonyl (C=O) groups is 2. The van der Waals surface area contributed by atoms with Crippen LogP contribution in [-0.2, 0) is 14.4 Å². The van der Waals surface area contributed by atoms with Crippen LogP contribution in [0.2, 0.25) is 0 Å². The highest BCUT2D eigenvalue weighted by molar-refractivity contribution is 5.92. The molecule has 1 aromatic rings. The second kappa shape index (κ2) is 7.59. The molecule has 2 saturated heterocycles. The molecular weight excluding hydrogens is 343 g/mol. The van der Waals surface area contributed by atoms with Crippen molar-refractivity contribution in [1.29, 1.82) is 0 Å². The smallest absolute Gasteiger partial charge is 0.414 e. The highest BCUT2D eigenvalue weighted by Gasteiger charge is 2.33. The Labute approximate surface area is 150 Å². The molecule has 1 unspecified atom stereocenters. The first-order valence-electron chi connectivity index (χ1n) is 8.34. The van der Waals surface area contributed by atoms with E-state index in [9.17, 15) is 14.0 Å². The van der Waals surface area contributed by atoms with Gasteiger partial charge in [0.15, 0.2) is 0 Å². The maximum atomic E-state index is 14.6. The summed E-state index contributed by atoms with van der Waals surface area (Å²) in [6, 6.07) is 4.66. The lowest BCUT2D eigenvalue weighted by Crippen LogP contribution is -2.33. The van der Waals surface area contributed by atoms with Crippen LogP contribution in [0.1, 0.15) is 13.3 Å². The predicted molar refractivity (Wildman–Crippen MR) is 94.0 cm³/mol. The average molecular weight is 364 g/mol. The fourth-order valence-corrected chi connectivity index (χ4v) is 3.07. The molecule has 1 atom stereocenters. The van der Waals surface area contributed by atoms with Gasteiger partial charge in [-0.2, -0.15) is 0 Å².